The van der Waals surface area contributed by atoms with Crippen LogP contribution in [0, 0.1) is 19.7 Å². The molecule has 0 radical (unpaired) electrons. The summed E-state index contributed by atoms with van der Waals surface area (Å²) >= 11 is 0. The first-order valence-corrected chi connectivity index (χ1v) is 12.6. The molecular formula is C28H31FN6O. The van der Waals surface area contributed by atoms with Crippen LogP contribution in [0.25, 0.3) is 16.7 Å². The van der Waals surface area contributed by atoms with Crippen LogP contribution in [-0.4, -0.2) is 56.7 Å². The van der Waals surface area contributed by atoms with Gasteiger partial charge in [-0.3, -0.25) is 4.79 Å². The van der Waals surface area contributed by atoms with Gasteiger partial charge < -0.3 is 9.80 Å². The number of rotatable bonds is 6. The number of benzene rings is 2. The number of amides is 1. The summed E-state index contributed by atoms with van der Waals surface area (Å²) in [6.45, 7) is 8.68. The topological polar surface area (TPSA) is 67.2 Å². The molecule has 0 spiro atoms. The first-order chi connectivity index (χ1) is 17.5. The molecule has 1 aliphatic rings. The van der Waals surface area contributed by atoms with E-state index in [1.807, 2.05) is 43.0 Å². The molecule has 1 aliphatic heterocycles. The van der Waals surface area contributed by atoms with Crippen molar-refractivity contribution in [2.24, 2.45) is 0 Å². The molecule has 1 fully saturated rings. The first kappa shape index (κ1) is 23.9. The number of aryl methyl sites for hydroxylation is 3. The van der Waals surface area contributed by atoms with Gasteiger partial charge in [-0.05, 0) is 56.2 Å². The summed E-state index contributed by atoms with van der Waals surface area (Å²) in [5.74, 6) is 1.43. The Balaban J connectivity index is 1.48. The summed E-state index contributed by atoms with van der Waals surface area (Å²) < 4.78 is 15.3. The summed E-state index contributed by atoms with van der Waals surface area (Å²) in [5, 5.41) is 5.66. The van der Waals surface area contributed by atoms with E-state index < -0.39 is 0 Å². The highest BCUT2D eigenvalue weighted by molar-refractivity contribution is 5.96. The lowest BCUT2D eigenvalue weighted by Gasteiger charge is -2.36. The average Bonchev–Trinajstić information content (AvgIpc) is 3.23. The molecule has 0 atom stereocenters. The first-order valence-electron chi connectivity index (χ1n) is 12.6. The molecule has 1 saturated heterocycles. The molecule has 0 N–H and O–H groups in total. The largest absolute Gasteiger partial charge is 0.352 e. The summed E-state index contributed by atoms with van der Waals surface area (Å²) in [6.07, 6.45) is 2.82. The fourth-order valence-electron chi connectivity index (χ4n) is 4.75. The minimum Gasteiger partial charge on any atom is -0.352 e. The Morgan fingerprint density at radius 2 is 1.69 bits per heavy atom. The molecule has 4 aromatic rings. The van der Waals surface area contributed by atoms with Gasteiger partial charge in [0.25, 0.3) is 5.91 Å². The van der Waals surface area contributed by atoms with E-state index in [1.165, 1.54) is 12.1 Å². The Morgan fingerprint density at radius 3 is 2.39 bits per heavy atom. The van der Waals surface area contributed by atoms with Crippen molar-refractivity contribution in [3.05, 3.63) is 77.0 Å². The molecule has 0 bridgehead atoms. The van der Waals surface area contributed by atoms with Gasteiger partial charge in [0, 0.05) is 38.2 Å². The highest BCUT2D eigenvalue weighted by Crippen LogP contribution is 2.30. The summed E-state index contributed by atoms with van der Waals surface area (Å²) in [5.41, 5.74) is 4.06. The van der Waals surface area contributed by atoms with Crippen molar-refractivity contribution in [2.75, 3.05) is 31.1 Å². The molecule has 5 rings (SSSR count). The number of fused-ring (bicyclic) bond motifs is 1. The van der Waals surface area contributed by atoms with Crippen LogP contribution in [-0.2, 0) is 6.42 Å². The van der Waals surface area contributed by atoms with Crippen LogP contribution in [0.4, 0.5) is 10.2 Å². The number of carbonyl (C=O) groups excluding carboxylic acids is 1. The maximum absolute atomic E-state index is 13.6. The van der Waals surface area contributed by atoms with Gasteiger partial charge in [0.1, 0.15) is 17.5 Å². The molecule has 0 saturated carbocycles. The second-order valence-electron chi connectivity index (χ2n) is 9.33. The van der Waals surface area contributed by atoms with Crippen molar-refractivity contribution in [1.29, 1.82) is 0 Å². The van der Waals surface area contributed by atoms with E-state index in [-0.39, 0.29) is 11.7 Å². The molecule has 2 aromatic carbocycles. The Hall–Kier alpha value is -3.81. The fourth-order valence-corrected chi connectivity index (χ4v) is 4.75. The van der Waals surface area contributed by atoms with E-state index >= 15 is 0 Å². The minimum atomic E-state index is -0.288. The Morgan fingerprint density at radius 1 is 0.972 bits per heavy atom. The number of carbonyl (C=O) groups is 1. The lowest BCUT2D eigenvalue weighted by atomic mass is 10.1. The third-order valence-electron chi connectivity index (χ3n) is 6.80. The maximum atomic E-state index is 13.6. The number of aromatic nitrogens is 4. The van der Waals surface area contributed by atoms with Crippen LogP contribution in [0.3, 0.4) is 0 Å². The van der Waals surface area contributed by atoms with Gasteiger partial charge in [0.2, 0.25) is 0 Å². The minimum absolute atomic E-state index is 0.0736. The summed E-state index contributed by atoms with van der Waals surface area (Å²) in [7, 11) is 0. The van der Waals surface area contributed by atoms with Crippen LogP contribution in [0.2, 0.25) is 0 Å². The van der Waals surface area contributed by atoms with E-state index in [0.717, 1.165) is 64.4 Å². The smallest absolute Gasteiger partial charge is 0.254 e. The van der Waals surface area contributed by atoms with E-state index in [4.69, 9.17) is 15.1 Å². The molecule has 3 heterocycles. The standard InChI is InChI=1S/C28H31FN6O/c1-4-5-10-24-30-26(25-20(3)32-35(27(25)31-24)22-13-11-21(29)12-14-22)33-15-17-34(18-16-33)28(36)23-9-7-6-8-19(23)2/h6-9,11-14H,4-5,10,15-18H2,1-3H3. The molecule has 186 valence electrons. The Kier molecular flexibility index (Phi) is 6.67. The van der Waals surface area contributed by atoms with Gasteiger partial charge in [-0.1, -0.05) is 31.5 Å². The van der Waals surface area contributed by atoms with E-state index in [2.05, 4.69) is 11.8 Å². The summed E-state index contributed by atoms with van der Waals surface area (Å²) in [4.78, 5) is 27.2. The lowest BCUT2D eigenvalue weighted by Crippen LogP contribution is -2.49. The normalized spacial score (nSPS) is 14.0. The molecule has 7 nitrogen and oxygen atoms in total. The second kappa shape index (κ2) is 10.0. The van der Waals surface area contributed by atoms with Gasteiger partial charge in [-0.25, -0.2) is 19.0 Å². The number of hydrogen-bond donors (Lipinski definition) is 0. The van der Waals surface area contributed by atoms with Crippen molar-refractivity contribution in [1.82, 2.24) is 24.6 Å². The second-order valence-corrected chi connectivity index (χ2v) is 9.33. The van der Waals surface area contributed by atoms with E-state index in [9.17, 15) is 9.18 Å². The van der Waals surface area contributed by atoms with Crippen LogP contribution in [0.1, 0.15) is 47.2 Å². The molecule has 2 aromatic heterocycles. The Bertz CT molecular complexity index is 1390. The molecule has 1 amide bonds. The van der Waals surface area contributed by atoms with Gasteiger partial charge in [0.15, 0.2) is 5.65 Å². The number of halogens is 1. The van der Waals surface area contributed by atoms with Gasteiger partial charge in [0.05, 0.1) is 16.8 Å². The van der Waals surface area contributed by atoms with Crippen molar-refractivity contribution in [3.63, 3.8) is 0 Å². The highest BCUT2D eigenvalue weighted by Gasteiger charge is 2.27. The molecule has 8 heteroatoms. The van der Waals surface area contributed by atoms with Crippen LogP contribution in [0.15, 0.2) is 48.5 Å². The fraction of sp³-hybridized carbons (Fsp3) is 0.357. The number of hydrogen-bond acceptors (Lipinski definition) is 5. The zero-order valence-electron chi connectivity index (χ0n) is 21.0. The quantitative estimate of drug-likeness (QED) is 0.389. The van der Waals surface area contributed by atoms with Crippen molar-refractivity contribution in [2.45, 2.75) is 40.0 Å². The zero-order chi connectivity index (χ0) is 25.2. The van der Waals surface area contributed by atoms with E-state index in [0.29, 0.717) is 26.2 Å². The zero-order valence-corrected chi connectivity index (χ0v) is 21.0. The predicted molar refractivity (Wildman–Crippen MR) is 139 cm³/mol. The van der Waals surface area contributed by atoms with Crippen molar-refractivity contribution >= 4 is 22.8 Å². The predicted octanol–water partition coefficient (Wildman–Crippen LogP) is 4.88. The van der Waals surface area contributed by atoms with Crippen LogP contribution in [0.5, 0.6) is 0 Å². The number of piperazine rings is 1. The SMILES string of the molecule is CCCCc1nc(N2CCN(C(=O)c3ccccc3C)CC2)c2c(C)nn(-c3ccc(F)cc3)c2n1. The number of anilines is 1. The molecular weight excluding hydrogens is 455 g/mol. The van der Waals surface area contributed by atoms with Crippen molar-refractivity contribution < 1.29 is 9.18 Å². The lowest BCUT2D eigenvalue weighted by molar-refractivity contribution is 0.0746. The molecule has 0 aliphatic carbocycles. The maximum Gasteiger partial charge on any atom is 0.254 e. The van der Waals surface area contributed by atoms with Gasteiger partial charge in [-0.15, -0.1) is 0 Å². The van der Waals surface area contributed by atoms with Crippen molar-refractivity contribution in [3.8, 4) is 5.69 Å². The number of nitrogens with zero attached hydrogens (tertiary/aromatic N) is 6. The Labute approximate surface area is 210 Å². The number of unbranched alkanes of at least 4 members (excludes halogenated alkanes) is 1. The van der Waals surface area contributed by atoms with E-state index in [1.54, 1.807) is 16.8 Å². The monoisotopic (exact) mass is 486 g/mol. The van der Waals surface area contributed by atoms with Gasteiger partial charge >= 0.3 is 0 Å². The highest BCUT2D eigenvalue weighted by atomic mass is 19.1. The van der Waals surface area contributed by atoms with Crippen LogP contribution < -0.4 is 4.90 Å². The third-order valence-corrected chi connectivity index (χ3v) is 6.80. The average molecular weight is 487 g/mol. The van der Waals surface area contributed by atoms with Crippen LogP contribution >= 0.6 is 0 Å². The summed E-state index contributed by atoms with van der Waals surface area (Å²) in [6, 6.07) is 14.0. The molecule has 36 heavy (non-hydrogen) atoms. The molecule has 0 unspecified atom stereocenters. The third kappa shape index (κ3) is 4.55. The van der Waals surface area contributed by atoms with Gasteiger partial charge in [-0.2, -0.15) is 5.10 Å².